The van der Waals surface area contributed by atoms with E-state index in [-0.39, 0.29) is 72.9 Å². The minimum absolute atomic E-state index is 0.0160. The van der Waals surface area contributed by atoms with Gasteiger partial charge in [-0.3, -0.25) is 28.8 Å². The molecule has 734 valence electrons. The fourth-order valence-electron chi connectivity index (χ4n) is 17.9. The van der Waals surface area contributed by atoms with Gasteiger partial charge in [-0.25, -0.2) is 0 Å². The lowest BCUT2D eigenvalue weighted by molar-refractivity contribution is -0.161. The van der Waals surface area contributed by atoms with E-state index in [0.29, 0.717) is 32.4 Å². The number of esters is 4. The number of amides is 2. The van der Waals surface area contributed by atoms with E-state index in [1.807, 2.05) is 0 Å². The molecule has 14 nitrogen and oxygen atoms in total. The van der Waals surface area contributed by atoms with Gasteiger partial charge in [0.1, 0.15) is 24.4 Å². The van der Waals surface area contributed by atoms with Crippen molar-refractivity contribution < 1.29 is 47.7 Å². The standard InChI is InChI=1S/C110H214N4O10/c1-11-19-27-35-46-62-78-100(79-63-47-36-28-20-12-2)121-106(117)86-70-54-43-58-74-94-113(95-75-59-44-55-71-87-107(118)122-101(80-64-48-37-29-21-13-3)81-65-49-38-30-22-14-4)98-92-111-104(115)89-90-105(116)112-93-99-114(96-76-60-45-56-72-88-108(119)123-102(82-66-50-39-31-23-15-5)83-67-51-40-32-24-16-6)97-77-61-57-73-91-110(9,10)109(120)124-103(84-68-52-41-33-25-17-7)85-69-53-42-34-26-18-8/h100-103H,11-99H2,1-10H3,(H,111,115)(H,112,116). The Hall–Kier alpha value is -3.26. The van der Waals surface area contributed by atoms with Gasteiger partial charge < -0.3 is 39.4 Å². The van der Waals surface area contributed by atoms with E-state index >= 15 is 0 Å². The number of nitrogens with zero attached hydrogens (tertiary/aromatic N) is 2. The van der Waals surface area contributed by atoms with Gasteiger partial charge in [0.2, 0.25) is 11.8 Å². The molecule has 0 aromatic rings. The molecule has 2 amide bonds. The van der Waals surface area contributed by atoms with E-state index in [0.717, 1.165) is 270 Å². The van der Waals surface area contributed by atoms with Crippen LogP contribution in [0.4, 0.5) is 0 Å². The Balaban J connectivity index is 5.90. The van der Waals surface area contributed by atoms with Gasteiger partial charge in [0, 0.05) is 58.3 Å². The molecule has 0 aliphatic carbocycles. The fourth-order valence-corrected chi connectivity index (χ4v) is 17.9. The van der Waals surface area contributed by atoms with Gasteiger partial charge in [-0.15, -0.1) is 0 Å². The average molecular weight is 1750 g/mol. The summed E-state index contributed by atoms with van der Waals surface area (Å²) in [5, 5.41) is 6.35. The first-order chi connectivity index (χ1) is 60.6. The molecule has 0 saturated carbocycles. The Bertz CT molecular complexity index is 2170. The summed E-state index contributed by atoms with van der Waals surface area (Å²) in [6.07, 6.45) is 90.3. The smallest absolute Gasteiger partial charge is 0.311 e. The number of carbonyl (C=O) groups excluding carboxylic acids is 6. The van der Waals surface area contributed by atoms with Gasteiger partial charge in [0.15, 0.2) is 0 Å². The summed E-state index contributed by atoms with van der Waals surface area (Å²) < 4.78 is 25.0. The minimum atomic E-state index is -0.519. The van der Waals surface area contributed by atoms with Gasteiger partial charge in [-0.05, 0) is 194 Å². The monoisotopic (exact) mass is 1750 g/mol. The Kier molecular flexibility index (Phi) is 91.9. The lowest BCUT2D eigenvalue weighted by Crippen LogP contribution is -2.37. The average Bonchev–Trinajstić information content (AvgIpc) is 0.870. The molecule has 0 radical (unpaired) electrons. The van der Waals surface area contributed by atoms with Crippen LogP contribution in [0.3, 0.4) is 0 Å². The molecule has 0 aliphatic rings. The van der Waals surface area contributed by atoms with Crippen molar-refractivity contribution >= 4 is 35.7 Å². The molecule has 0 fully saturated rings. The number of hydrogen-bond donors (Lipinski definition) is 2. The topological polar surface area (TPSA) is 170 Å². The quantitative estimate of drug-likeness (QED) is 0.0336. The zero-order valence-corrected chi connectivity index (χ0v) is 84.7. The van der Waals surface area contributed by atoms with Crippen molar-refractivity contribution in [3.8, 4) is 0 Å². The van der Waals surface area contributed by atoms with Crippen LogP contribution in [0.15, 0.2) is 0 Å². The van der Waals surface area contributed by atoms with Gasteiger partial charge >= 0.3 is 23.9 Å². The van der Waals surface area contributed by atoms with Gasteiger partial charge in [-0.2, -0.15) is 0 Å². The molecule has 0 spiro atoms. The second-order valence-corrected chi connectivity index (χ2v) is 39.3. The lowest BCUT2D eigenvalue weighted by atomic mass is 9.86. The molecule has 0 aromatic carbocycles. The third kappa shape index (κ3) is 84.3. The summed E-state index contributed by atoms with van der Waals surface area (Å²) in [7, 11) is 0. The summed E-state index contributed by atoms with van der Waals surface area (Å²) in [6, 6.07) is 0. The van der Waals surface area contributed by atoms with Crippen LogP contribution < -0.4 is 10.6 Å². The second-order valence-electron chi connectivity index (χ2n) is 39.3. The molecular weight excluding hydrogens is 1540 g/mol. The minimum Gasteiger partial charge on any atom is -0.462 e. The molecule has 2 N–H and O–H groups in total. The van der Waals surface area contributed by atoms with E-state index in [9.17, 15) is 28.8 Å². The van der Waals surface area contributed by atoms with Gasteiger partial charge in [0.25, 0.3) is 0 Å². The summed E-state index contributed by atoms with van der Waals surface area (Å²) in [4.78, 5) is 85.5. The molecular formula is C110H214N4O10. The fraction of sp³-hybridized carbons (Fsp3) is 0.945. The Morgan fingerprint density at radius 1 is 0.218 bits per heavy atom. The summed E-state index contributed by atoms with van der Waals surface area (Å²) in [5.41, 5.74) is -0.519. The lowest BCUT2D eigenvalue weighted by Gasteiger charge is -2.27. The zero-order chi connectivity index (χ0) is 90.6. The van der Waals surface area contributed by atoms with Crippen molar-refractivity contribution in [1.29, 1.82) is 0 Å². The van der Waals surface area contributed by atoms with Crippen LogP contribution >= 0.6 is 0 Å². The number of ether oxygens (including phenoxy) is 4. The first-order valence-corrected chi connectivity index (χ1v) is 55.4. The highest BCUT2D eigenvalue weighted by atomic mass is 16.6. The van der Waals surface area contributed by atoms with Crippen LogP contribution in [-0.2, 0) is 47.7 Å². The molecule has 14 heteroatoms. The van der Waals surface area contributed by atoms with Crippen LogP contribution in [0.1, 0.15) is 589 Å². The van der Waals surface area contributed by atoms with Crippen LogP contribution in [-0.4, -0.2) is 122 Å². The molecule has 0 heterocycles. The molecule has 0 bridgehead atoms. The van der Waals surface area contributed by atoms with E-state index < -0.39 is 5.41 Å². The number of nitrogens with one attached hydrogen (secondary N) is 2. The Labute approximate surface area is 771 Å². The highest BCUT2D eigenvalue weighted by Gasteiger charge is 2.31. The molecule has 0 atom stereocenters. The molecule has 124 heavy (non-hydrogen) atoms. The maximum atomic E-state index is 13.9. The Morgan fingerprint density at radius 2 is 0.403 bits per heavy atom. The summed E-state index contributed by atoms with van der Waals surface area (Å²) >= 11 is 0. The van der Waals surface area contributed by atoms with Crippen molar-refractivity contribution in [2.45, 2.75) is 614 Å². The number of carbonyl (C=O) groups is 6. The molecule has 0 saturated heterocycles. The first kappa shape index (κ1) is 121. The van der Waals surface area contributed by atoms with Crippen LogP contribution in [0.25, 0.3) is 0 Å². The van der Waals surface area contributed by atoms with E-state index in [4.69, 9.17) is 18.9 Å². The van der Waals surface area contributed by atoms with Crippen LogP contribution in [0.2, 0.25) is 0 Å². The predicted octanol–water partition coefficient (Wildman–Crippen LogP) is 32.3. The van der Waals surface area contributed by atoms with E-state index in [1.165, 1.54) is 257 Å². The molecule has 0 unspecified atom stereocenters. The van der Waals surface area contributed by atoms with Crippen molar-refractivity contribution in [2.24, 2.45) is 5.41 Å². The molecule has 0 aliphatic heterocycles. The predicted molar refractivity (Wildman–Crippen MR) is 532 cm³/mol. The maximum Gasteiger partial charge on any atom is 0.311 e. The maximum absolute atomic E-state index is 13.9. The van der Waals surface area contributed by atoms with Crippen LogP contribution in [0, 0.1) is 5.41 Å². The number of unbranched alkanes of at least 4 members (excludes halogenated alkanes) is 55. The van der Waals surface area contributed by atoms with E-state index in [1.54, 1.807) is 0 Å². The number of hydrogen-bond acceptors (Lipinski definition) is 12. The van der Waals surface area contributed by atoms with E-state index in [2.05, 4.69) is 89.7 Å². The summed E-state index contributed by atoms with van der Waals surface area (Å²) in [6.45, 7) is 28.7. The first-order valence-electron chi connectivity index (χ1n) is 55.4. The largest absolute Gasteiger partial charge is 0.462 e. The van der Waals surface area contributed by atoms with Crippen molar-refractivity contribution in [3.05, 3.63) is 0 Å². The highest BCUT2D eigenvalue weighted by molar-refractivity contribution is 5.83. The van der Waals surface area contributed by atoms with Crippen molar-refractivity contribution in [1.82, 2.24) is 20.4 Å². The van der Waals surface area contributed by atoms with Crippen molar-refractivity contribution in [2.75, 3.05) is 52.4 Å². The van der Waals surface area contributed by atoms with Gasteiger partial charge in [0.05, 0.1) is 5.41 Å². The van der Waals surface area contributed by atoms with Crippen molar-refractivity contribution in [3.63, 3.8) is 0 Å². The summed E-state index contributed by atoms with van der Waals surface area (Å²) in [5.74, 6) is -0.261. The normalized spacial score (nSPS) is 11.9. The zero-order valence-electron chi connectivity index (χ0n) is 84.7. The number of rotatable bonds is 101. The molecule has 0 rings (SSSR count). The molecule has 0 aromatic heterocycles. The third-order valence-electron chi connectivity index (χ3n) is 26.4. The second kappa shape index (κ2) is 94.4. The highest BCUT2D eigenvalue weighted by Crippen LogP contribution is 2.30. The SMILES string of the molecule is CCCCCCCCC(CCCCCCCC)OC(=O)CCCCCCCN(CCCCCCCC(=O)OC(CCCCCCCC)CCCCCCCC)CCNC(=O)CCC(=O)NCCN(CCCCCCCC(=O)OC(CCCCCCCC)CCCCCCCC)CCCCCCC(C)(C)C(=O)OC(CCCCCCCC)CCCCCCCC. The van der Waals surface area contributed by atoms with Gasteiger partial charge in [-0.1, -0.05) is 389 Å². The van der Waals surface area contributed by atoms with Crippen LogP contribution in [0.5, 0.6) is 0 Å². The Morgan fingerprint density at radius 3 is 0.629 bits per heavy atom. The third-order valence-corrected chi connectivity index (χ3v) is 26.4.